The molecule has 0 spiro atoms. The molecular formula is C52H46Ir2N4-4. The van der Waals surface area contributed by atoms with Crippen LogP contribution in [0.25, 0.3) is 33.4 Å². The first-order valence-corrected chi connectivity index (χ1v) is 19.4. The molecule has 0 aliphatic carbocycles. The second-order valence-corrected chi connectivity index (χ2v) is 16.0. The molecule has 0 amide bonds. The minimum Gasteiger partial charge on any atom is -0.517 e. The third-order valence-corrected chi connectivity index (χ3v) is 11.9. The molecular weight excluding hydrogens is 1070 g/mol. The van der Waals surface area contributed by atoms with Crippen molar-refractivity contribution in [2.75, 3.05) is 19.6 Å². The summed E-state index contributed by atoms with van der Waals surface area (Å²) in [6.07, 6.45) is 0. The van der Waals surface area contributed by atoms with Crippen LogP contribution in [0.2, 0.25) is 0 Å². The van der Waals surface area contributed by atoms with E-state index in [-0.39, 0.29) is 51.3 Å². The van der Waals surface area contributed by atoms with Gasteiger partial charge < -0.3 is 19.6 Å². The van der Waals surface area contributed by atoms with E-state index >= 15 is 0 Å². The maximum Gasteiger partial charge on any atom is 0.0344 e. The summed E-state index contributed by atoms with van der Waals surface area (Å²) in [5.74, 6) is 0. The van der Waals surface area contributed by atoms with E-state index in [0.717, 1.165) is 39.6 Å². The van der Waals surface area contributed by atoms with Crippen molar-refractivity contribution in [1.29, 1.82) is 0 Å². The van der Waals surface area contributed by atoms with Gasteiger partial charge in [-0.15, -0.1) is 41.3 Å². The van der Waals surface area contributed by atoms with E-state index in [4.69, 9.17) is 0 Å². The number of rotatable bonds is 7. The van der Waals surface area contributed by atoms with Crippen LogP contribution in [0.15, 0.2) is 158 Å². The number of aryl methyl sites for hydroxylation is 2. The average Bonchev–Trinajstić information content (AvgIpc) is 3.69. The van der Waals surface area contributed by atoms with Crippen molar-refractivity contribution < 1.29 is 40.2 Å². The molecule has 7 aromatic carbocycles. The van der Waals surface area contributed by atoms with Crippen molar-refractivity contribution in [3.05, 3.63) is 194 Å². The molecule has 6 heteroatoms. The molecule has 0 atom stereocenters. The predicted molar refractivity (Wildman–Crippen MR) is 235 cm³/mol. The topological polar surface area (TPSA) is 13.0 Å². The number of hydrogen-bond donors (Lipinski definition) is 0. The largest absolute Gasteiger partial charge is 0.517 e. The normalized spacial score (nSPS) is 15.1. The number of anilines is 6. The fourth-order valence-corrected chi connectivity index (χ4v) is 8.36. The Bertz CT molecular complexity index is 2500. The number of nitrogens with zero attached hydrogens (tertiary/aromatic N) is 4. The number of para-hydroxylation sites is 4. The van der Waals surface area contributed by atoms with Gasteiger partial charge >= 0.3 is 0 Å². The quantitative estimate of drug-likeness (QED) is 0.148. The Morgan fingerprint density at radius 2 is 0.948 bits per heavy atom. The molecule has 0 unspecified atom stereocenters. The zero-order chi connectivity index (χ0) is 38.6. The summed E-state index contributed by atoms with van der Waals surface area (Å²) < 4.78 is 0. The molecule has 0 N–H and O–H groups in total. The zero-order valence-electron chi connectivity index (χ0n) is 33.6. The summed E-state index contributed by atoms with van der Waals surface area (Å²) in [7, 11) is 0. The van der Waals surface area contributed by atoms with E-state index in [2.05, 4.69) is 244 Å². The Labute approximate surface area is 371 Å². The van der Waals surface area contributed by atoms with Gasteiger partial charge in [0, 0.05) is 74.0 Å². The fraction of sp³-hybridized carbons (Fsp3) is 0.154. The summed E-state index contributed by atoms with van der Waals surface area (Å²) in [5, 5.41) is 0. The van der Waals surface area contributed by atoms with Crippen molar-refractivity contribution in [2.24, 2.45) is 0 Å². The van der Waals surface area contributed by atoms with Crippen LogP contribution in [-0.2, 0) is 40.2 Å². The molecule has 2 radical (unpaired) electrons. The first-order valence-electron chi connectivity index (χ1n) is 19.4. The van der Waals surface area contributed by atoms with Gasteiger partial charge in [-0.25, -0.2) is 0 Å². The third kappa shape index (κ3) is 7.22. The zero-order valence-corrected chi connectivity index (χ0v) is 38.4. The Morgan fingerprint density at radius 3 is 1.50 bits per heavy atom. The van der Waals surface area contributed by atoms with Gasteiger partial charge in [0.25, 0.3) is 0 Å². The van der Waals surface area contributed by atoms with Crippen molar-refractivity contribution in [3.63, 3.8) is 0 Å². The molecule has 0 aromatic heterocycles. The molecule has 2 aliphatic rings. The molecule has 0 saturated carbocycles. The standard InChI is InChI=1S/C52H46N4.2Ir/c1-37-32-38(2)34-41(33-37)50-46(39-24-28-43(29-25-39)54-35-53(42-16-9-7-10-17-42)48-22-13-14-23-49(48)54)20-15-21-47(50)40-26-30-45(31-27-40)56-36-55(44-18-11-8-12-19-44)51(3,4)52(56,5)6;;/h7-28,30,32-36H,1-6H3;;/q-4;;. The van der Waals surface area contributed by atoms with Crippen LogP contribution in [0.3, 0.4) is 0 Å². The third-order valence-electron chi connectivity index (χ3n) is 11.9. The fourth-order valence-electron chi connectivity index (χ4n) is 8.36. The first-order chi connectivity index (χ1) is 27.1. The van der Waals surface area contributed by atoms with Crippen molar-refractivity contribution in [3.8, 4) is 33.4 Å². The van der Waals surface area contributed by atoms with Crippen LogP contribution in [-0.4, -0.2) is 11.1 Å². The van der Waals surface area contributed by atoms with Crippen molar-refractivity contribution in [2.45, 2.75) is 52.6 Å². The van der Waals surface area contributed by atoms with E-state index in [1.165, 1.54) is 39.1 Å². The number of fused-ring (bicyclic) bond motifs is 1. The predicted octanol–water partition coefficient (Wildman–Crippen LogP) is 13.3. The summed E-state index contributed by atoms with van der Waals surface area (Å²) in [4.78, 5) is 9.23. The summed E-state index contributed by atoms with van der Waals surface area (Å²) in [6.45, 7) is 18.0. The monoisotopic (exact) mass is 1110 g/mol. The van der Waals surface area contributed by atoms with Gasteiger partial charge in [-0.2, -0.15) is 43.1 Å². The van der Waals surface area contributed by atoms with Crippen LogP contribution in [0.4, 0.5) is 34.1 Å². The molecule has 1 saturated heterocycles. The molecule has 9 rings (SSSR count). The summed E-state index contributed by atoms with van der Waals surface area (Å²) in [6, 6.07) is 63.8. The van der Waals surface area contributed by atoms with Crippen molar-refractivity contribution >= 4 is 34.1 Å². The molecule has 4 nitrogen and oxygen atoms in total. The van der Waals surface area contributed by atoms with Gasteiger partial charge in [-0.05, 0) is 89.1 Å². The van der Waals surface area contributed by atoms with Gasteiger partial charge in [0.1, 0.15) is 0 Å². The van der Waals surface area contributed by atoms with Gasteiger partial charge in [-0.1, -0.05) is 107 Å². The van der Waals surface area contributed by atoms with E-state index in [0.29, 0.717) is 0 Å². The van der Waals surface area contributed by atoms with Gasteiger partial charge in [0.05, 0.1) is 0 Å². The van der Waals surface area contributed by atoms with Gasteiger partial charge in [0.2, 0.25) is 0 Å². The molecule has 7 aromatic rings. The van der Waals surface area contributed by atoms with Crippen LogP contribution in [0.1, 0.15) is 38.8 Å². The van der Waals surface area contributed by atoms with E-state index in [1.807, 2.05) is 0 Å². The number of hydrogen-bond acceptors (Lipinski definition) is 4. The molecule has 2 aliphatic heterocycles. The van der Waals surface area contributed by atoms with E-state index in [9.17, 15) is 0 Å². The molecule has 296 valence electrons. The molecule has 0 bridgehead atoms. The average molecular weight is 1110 g/mol. The molecule has 58 heavy (non-hydrogen) atoms. The van der Waals surface area contributed by atoms with Crippen LogP contribution < -0.4 is 19.6 Å². The van der Waals surface area contributed by atoms with Crippen LogP contribution >= 0.6 is 0 Å². The smallest absolute Gasteiger partial charge is 0.0344 e. The second kappa shape index (κ2) is 16.4. The molecule has 1 fully saturated rings. The maximum atomic E-state index is 3.71. The first kappa shape index (κ1) is 41.2. The Morgan fingerprint density at radius 1 is 0.448 bits per heavy atom. The van der Waals surface area contributed by atoms with E-state index in [1.54, 1.807) is 0 Å². The Hall–Kier alpha value is -4.96. The second-order valence-electron chi connectivity index (χ2n) is 16.0. The van der Waals surface area contributed by atoms with Crippen LogP contribution in [0.5, 0.6) is 0 Å². The van der Waals surface area contributed by atoms with Crippen molar-refractivity contribution in [1.82, 2.24) is 0 Å². The summed E-state index contributed by atoms with van der Waals surface area (Å²) in [5.41, 5.74) is 15.8. The minimum absolute atomic E-state index is 0. The Balaban J connectivity index is 0.00000256. The minimum atomic E-state index is -0.192. The summed E-state index contributed by atoms with van der Waals surface area (Å²) >= 11 is 0. The van der Waals surface area contributed by atoms with E-state index < -0.39 is 0 Å². The molecule has 2 heterocycles. The number of benzene rings is 7. The Kier molecular flexibility index (Phi) is 11.6. The van der Waals surface area contributed by atoms with Gasteiger partial charge in [0.15, 0.2) is 0 Å². The maximum absolute atomic E-state index is 3.71. The van der Waals surface area contributed by atoms with Gasteiger partial charge in [-0.3, -0.25) is 0 Å². The SMILES string of the molecule is Cc1cc(C)cc(-c2c(-c3c[c-]c(N4[CH-]N(c5ccccc5)c5ccccc54)cc3)cccc2-c2c[c-]c(N3[CH-]N(c4ccccc4)C(C)(C)C3(C)C)cc2)c1.[Ir].[Ir]. The van der Waals surface area contributed by atoms with Crippen LogP contribution in [0, 0.1) is 39.3 Å².